The normalized spacial score (nSPS) is 12.1. The number of fused-ring (bicyclic) bond motifs is 1. The fourth-order valence-electron chi connectivity index (χ4n) is 2.90. The SMILES string of the molecule is CCCC(=O)N[C@@H](c1ccc(Cl)cc1Cl)c1ccc2cccnc2c1O. The number of pyridine rings is 1. The molecule has 6 heteroatoms. The van der Waals surface area contributed by atoms with Gasteiger partial charge in [0.25, 0.3) is 0 Å². The van der Waals surface area contributed by atoms with Gasteiger partial charge in [0.1, 0.15) is 11.3 Å². The van der Waals surface area contributed by atoms with Crippen LogP contribution in [0, 0.1) is 0 Å². The van der Waals surface area contributed by atoms with Crippen molar-refractivity contribution in [2.45, 2.75) is 25.8 Å². The highest BCUT2D eigenvalue weighted by molar-refractivity contribution is 6.35. The summed E-state index contributed by atoms with van der Waals surface area (Å²) < 4.78 is 0. The second kappa shape index (κ2) is 7.94. The first-order valence-electron chi connectivity index (χ1n) is 8.32. The molecule has 26 heavy (non-hydrogen) atoms. The van der Waals surface area contributed by atoms with E-state index in [9.17, 15) is 9.90 Å². The average Bonchev–Trinajstić information content (AvgIpc) is 2.61. The molecule has 1 heterocycles. The van der Waals surface area contributed by atoms with Crippen LogP contribution >= 0.6 is 23.2 Å². The number of aromatic nitrogens is 1. The number of carbonyl (C=O) groups excluding carboxylic acids is 1. The third kappa shape index (κ3) is 3.76. The number of rotatable bonds is 5. The quantitative estimate of drug-likeness (QED) is 0.626. The Morgan fingerprint density at radius 2 is 1.96 bits per heavy atom. The number of aromatic hydroxyl groups is 1. The first kappa shape index (κ1) is 18.5. The first-order chi connectivity index (χ1) is 12.5. The second-order valence-corrected chi connectivity index (χ2v) is 6.84. The van der Waals surface area contributed by atoms with Gasteiger partial charge in [-0.05, 0) is 30.2 Å². The van der Waals surface area contributed by atoms with Gasteiger partial charge in [-0.15, -0.1) is 0 Å². The van der Waals surface area contributed by atoms with E-state index in [2.05, 4.69) is 10.3 Å². The number of phenolic OH excluding ortho intramolecular Hbond substituents is 1. The molecular weight excluding hydrogens is 371 g/mol. The number of phenols is 1. The summed E-state index contributed by atoms with van der Waals surface area (Å²) in [7, 11) is 0. The standard InChI is InChI=1S/C20H18Cl2N2O2/c1-2-4-17(25)24-19(14-9-7-13(21)11-16(14)22)15-8-6-12-5-3-10-23-18(12)20(15)26/h3,5-11,19,26H,2,4H2,1H3,(H,24,25)/t19-/m0/s1. The van der Waals surface area contributed by atoms with E-state index < -0.39 is 6.04 Å². The van der Waals surface area contributed by atoms with Gasteiger partial charge in [-0.25, -0.2) is 0 Å². The average molecular weight is 389 g/mol. The number of benzene rings is 2. The van der Waals surface area contributed by atoms with E-state index in [1.165, 1.54) is 0 Å². The molecule has 1 atom stereocenters. The van der Waals surface area contributed by atoms with Crippen molar-refractivity contribution in [2.24, 2.45) is 0 Å². The Kier molecular flexibility index (Phi) is 5.64. The van der Waals surface area contributed by atoms with Crippen LogP contribution in [0.5, 0.6) is 5.75 Å². The van der Waals surface area contributed by atoms with E-state index in [1.54, 1.807) is 36.5 Å². The zero-order valence-corrected chi connectivity index (χ0v) is 15.7. The van der Waals surface area contributed by atoms with Crippen LogP contribution in [0.2, 0.25) is 10.0 Å². The topological polar surface area (TPSA) is 62.2 Å². The van der Waals surface area contributed by atoms with Crippen molar-refractivity contribution in [3.8, 4) is 5.75 Å². The largest absolute Gasteiger partial charge is 0.505 e. The van der Waals surface area contributed by atoms with Crippen molar-refractivity contribution < 1.29 is 9.90 Å². The predicted molar refractivity (Wildman–Crippen MR) is 105 cm³/mol. The minimum Gasteiger partial charge on any atom is -0.505 e. The van der Waals surface area contributed by atoms with E-state index in [4.69, 9.17) is 23.2 Å². The maximum absolute atomic E-state index is 12.3. The molecule has 0 saturated carbocycles. The van der Waals surface area contributed by atoms with Crippen LogP contribution in [0.3, 0.4) is 0 Å². The highest BCUT2D eigenvalue weighted by atomic mass is 35.5. The van der Waals surface area contributed by atoms with Crippen LogP contribution in [-0.4, -0.2) is 16.0 Å². The molecule has 134 valence electrons. The second-order valence-electron chi connectivity index (χ2n) is 5.99. The molecule has 1 aromatic heterocycles. The molecule has 2 N–H and O–H groups in total. The molecule has 3 rings (SSSR count). The summed E-state index contributed by atoms with van der Waals surface area (Å²) in [6.45, 7) is 1.93. The molecule has 2 aromatic carbocycles. The maximum Gasteiger partial charge on any atom is 0.220 e. The highest BCUT2D eigenvalue weighted by Gasteiger charge is 2.23. The monoisotopic (exact) mass is 388 g/mol. The Morgan fingerprint density at radius 1 is 1.19 bits per heavy atom. The molecule has 0 fully saturated rings. The third-order valence-corrected chi connectivity index (χ3v) is 4.71. The lowest BCUT2D eigenvalue weighted by Crippen LogP contribution is -2.29. The molecular formula is C20H18Cl2N2O2. The molecule has 1 amide bonds. The van der Waals surface area contributed by atoms with Crippen molar-refractivity contribution in [1.82, 2.24) is 10.3 Å². The minimum atomic E-state index is -0.606. The molecule has 4 nitrogen and oxygen atoms in total. The molecule has 0 saturated heterocycles. The van der Waals surface area contributed by atoms with E-state index in [0.29, 0.717) is 33.1 Å². The van der Waals surface area contributed by atoms with E-state index in [-0.39, 0.29) is 11.7 Å². The van der Waals surface area contributed by atoms with Crippen LogP contribution in [0.1, 0.15) is 36.9 Å². The fraction of sp³-hybridized carbons (Fsp3) is 0.200. The summed E-state index contributed by atoms with van der Waals surface area (Å²) in [6, 6.07) is 11.8. The Labute approximate surface area is 161 Å². The maximum atomic E-state index is 12.3. The molecule has 0 aliphatic heterocycles. The Balaban J connectivity index is 2.14. The predicted octanol–water partition coefficient (Wildman–Crippen LogP) is 5.25. The zero-order chi connectivity index (χ0) is 18.7. The fourth-order valence-corrected chi connectivity index (χ4v) is 3.41. The number of carbonyl (C=O) groups is 1. The van der Waals surface area contributed by atoms with Gasteiger partial charge in [0.2, 0.25) is 5.91 Å². The minimum absolute atomic E-state index is 0.0240. The first-order valence-corrected chi connectivity index (χ1v) is 9.07. The summed E-state index contributed by atoms with van der Waals surface area (Å²) in [5.41, 5.74) is 1.67. The van der Waals surface area contributed by atoms with Gasteiger partial charge in [0.15, 0.2) is 0 Å². The van der Waals surface area contributed by atoms with Gasteiger partial charge < -0.3 is 10.4 Å². The molecule has 0 radical (unpaired) electrons. The smallest absolute Gasteiger partial charge is 0.220 e. The Hall–Kier alpha value is -2.30. The lowest BCUT2D eigenvalue weighted by Gasteiger charge is -2.22. The summed E-state index contributed by atoms with van der Waals surface area (Å²) in [5, 5.41) is 15.5. The highest BCUT2D eigenvalue weighted by Crippen LogP contribution is 2.37. The van der Waals surface area contributed by atoms with Crippen LogP contribution in [0.15, 0.2) is 48.7 Å². The number of amides is 1. The number of hydrogen-bond acceptors (Lipinski definition) is 3. The molecule has 0 spiro atoms. The third-order valence-electron chi connectivity index (χ3n) is 4.15. The van der Waals surface area contributed by atoms with Gasteiger partial charge in [-0.1, -0.05) is 54.4 Å². The zero-order valence-electron chi connectivity index (χ0n) is 14.2. The van der Waals surface area contributed by atoms with E-state index in [0.717, 1.165) is 11.8 Å². The molecule has 0 aliphatic carbocycles. The summed E-state index contributed by atoms with van der Waals surface area (Å²) in [5.74, 6) is -0.0973. The van der Waals surface area contributed by atoms with Crippen LogP contribution < -0.4 is 5.32 Å². The van der Waals surface area contributed by atoms with Gasteiger partial charge in [0, 0.05) is 33.6 Å². The number of halogens is 2. The van der Waals surface area contributed by atoms with Gasteiger partial charge in [-0.3, -0.25) is 9.78 Å². The number of hydrogen-bond donors (Lipinski definition) is 2. The number of nitrogens with one attached hydrogen (secondary N) is 1. The van der Waals surface area contributed by atoms with Gasteiger partial charge >= 0.3 is 0 Å². The van der Waals surface area contributed by atoms with Crippen molar-refractivity contribution in [1.29, 1.82) is 0 Å². The summed E-state index contributed by atoms with van der Waals surface area (Å²) >= 11 is 12.4. The number of nitrogens with zero attached hydrogens (tertiary/aromatic N) is 1. The van der Waals surface area contributed by atoms with Crippen LogP contribution in [0.4, 0.5) is 0 Å². The van der Waals surface area contributed by atoms with Crippen molar-refractivity contribution >= 4 is 40.0 Å². The van der Waals surface area contributed by atoms with Gasteiger partial charge in [0.05, 0.1) is 6.04 Å². The van der Waals surface area contributed by atoms with Crippen LogP contribution in [-0.2, 0) is 4.79 Å². The van der Waals surface area contributed by atoms with Crippen molar-refractivity contribution in [3.63, 3.8) is 0 Å². The van der Waals surface area contributed by atoms with Crippen molar-refractivity contribution in [3.05, 3.63) is 69.8 Å². The van der Waals surface area contributed by atoms with Crippen molar-refractivity contribution in [2.75, 3.05) is 0 Å². The molecule has 0 bridgehead atoms. The molecule has 0 aliphatic rings. The van der Waals surface area contributed by atoms with E-state index >= 15 is 0 Å². The molecule has 0 unspecified atom stereocenters. The summed E-state index contributed by atoms with van der Waals surface area (Å²) in [4.78, 5) is 16.5. The Morgan fingerprint density at radius 3 is 2.69 bits per heavy atom. The van der Waals surface area contributed by atoms with E-state index in [1.807, 2.05) is 19.1 Å². The summed E-state index contributed by atoms with van der Waals surface area (Å²) in [6.07, 6.45) is 2.72. The lowest BCUT2D eigenvalue weighted by molar-refractivity contribution is -0.121. The lowest BCUT2D eigenvalue weighted by atomic mass is 9.96. The Bertz CT molecular complexity index is 960. The van der Waals surface area contributed by atoms with Crippen LogP contribution in [0.25, 0.3) is 10.9 Å². The van der Waals surface area contributed by atoms with Gasteiger partial charge in [-0.2, -0.15) is 0 Å². The molecule has 3 aromatic rings.